The van der Waals surface area contributed by atoms with Gasteiger partial charge < -0.3 is 4.90 Å². The second-order valence-electron chi connectivity index (χ2n) is 6.28. The maximum absolute atomic E-state index is 12.9. The predicted molar refractivity (Wildman–Crippen MR) is 96.3 cm³/mol. The monoisotopic (exact) mass is 353 g/mol. The maximum Gasteiger partial charge on any atom is 0.265 e. The van der Waals surface area contributed by atoms with Gasteiger partial charge in [0.1, 0.15) is 11.7 Å². The smallest absolute Gasteiger partial charge is 0.265 e. The third kappa shape index (κ3) is 2.79. The van der Waals surface area contributed by atoms with Crippen LogP contribution < -0.4 is 5.56 Å². The Bertz CT molecular complexity index is 1060. The van der Waals surface area contributed by atoms with Crippen LogP contribution in [0.3, 0.4) is 0 Å². The van der Waals surface area contributed by atoms with Crippen LogP contribution in [0.5, 0.6) is 0 Å². The second-order valence-corrected chi connectivity index (χ2v) is 6.28. The van der Waals surface area contributed by atoms with Crippen LogP contribution in [-0.4, -0.2) is 50.0 Å². The molecule has 0 saturated heterocycles. The third-order valence-corrected chi connectivity index (χ3v) is 4.19. The SMILES string of the molecule is CC(=O)[C@@H](C(=O)N(C)C)n1cnc2c(cnn2-c2ccccc2C)c1=O. The molecular weight excluding hydrogens is 334 g/mol. The third-order valence-electron chi connectivity index (χ3n) is 4.19. The van der Waals surface area contributed by atoms with E-state index in [0.717, 1.165) is 15.8 Å². The molecule has 0 fully saturated rings. The zero-order valence-corrected chi connectivity index (χ0v) is 15.0. The van der Waals surface area contributed by atoms with Crippen molar-refractivity contribution in [2.45, 2.75) is 19.9 Å². The van der Waals surface area contributed by atoms with Gasteiger partial charge in [0.15, 0.2) is 17.5 Å². The number of para-hydroxylation sites is 1. The van der Waals surface area contributed by atoms with Crippen molar-refractivity contribution in [1.29, 1.82) is 0 Å². The van der Waals surface area contributed by atoms with Gasteiger partial charge in [-0.3, -0.25) is 19.0 Å². The van der Waals surface area contributed by atoms with Crippen molar-refractivity contribution < 1.29 is 9.59 Å². The van der Waals surface area contributed by atoms with Crippen LogP contribution in [0.15, 0.2) is 41.6 Å². The molecule has 0 radical (unpaired) electrons. The van der Waals surface area contributed by atoms with E-state index in [1.165, 1.54) is 38.4 Å². The fourth-order valence-electron chi connectivity index (χ4n) is 2.82. The van der Waals surface area contributed by atoms with E-state index in [0.29, 0.717) is 5.65 Å². The van der Waals surface area contributed by atoms with E-state index in [4.69, 9.17) is 0 Å². The number of aryl methyl sites for hydroxylation is 1. The number of fused-ring (bicyclic) bond motifs is 1. The molecular formula is C18H19N5O3. The Kier molecular flexibility index (Phi) is 4.41. The summed E-state index contributed by atoms with van der Waals surface area (Å²) in [7, 11) is 3.07. The van der Waals surface area contributed by atoms with Gasteiger partial charge in [-0.15, -0.1) is 0 Å². The lowest BCUT2D eigenvalue weighted by Crippen LogP contribution is -2.40. The van der Waals surface area contributed by atoms with Gasteiger partial charge in [0.05, 0.1) is 11.9 Å². The van der Waals surface area contributed by atoms with Crippen LogP contribution in [0.2, 0.25) is 0 Å². The average Bonchev–Trinajstić information content (AvgIpc) is 3.01. The molecule has 26 heavy (non-hydrogen) atoms. The number of amides is 1. The average molecular weight is 353 g/mol. The highest BCUT2D eigenvalue weighted by Crippen LogP contribution is 2.18. The number of benzene rings is 1. The molecule has 8 heteroatoms. The highest BCUT2D eigenvalue weighted by Gasteiger charge is 2.29. The Hall–Kier alpha value is -3.29. The number of rotatable bonds is 4. The van der Waals surface area contributed by atoms with E-state index in [9.17, 15) is 14.4 Å². The Labute approximate surface area is 149 Å². The standard InChI is InChI=1S/C18H19N5O3/c1-11-7-5-6-8-14(11)23-16-13(9-20-23)17(25)22(10-19-16)15(12(2)24)18(26)21(3)4/h5-10,15H,1-4H3/t15-/m0/s1. The molecule has 1 aromatic carbocycles. The lowest BCUT2D eigenvalue weighted by atomic mass is 10.1. The van der Waals surface area contributed by atoms with Crippen molar-refractivity contribution in [1.82, 2.24) is 24.2 Å². The first-order valence-electron chi connectivity index (χ1n) is 8.05. The van der Waals surface area contributed by atoms with Gasteiger partial charge >= 0.3 is 0 Å². The number of likely N-dealkylation sites (N-methyl/N-ethyl adjacent to an activating group) is 1. The predicted octanol–water partition coefficient (Wildman–Crippen LogP) is 1.11. The van der Waals surface area contributed by atoms with E-state index >= 15 is 0 Å². The number of Topliss-reactive ketones (excluding diaryl/α,β-unsaturated/α-hetero) is 1. The first-order valence-corrected chi connectivity index (χ1v) is 8.05. The summed E-state index contributed by atoms with van der Waals surface area (Å²) in [5.74, 6) is -0.912. The largest absolute Gasteiger partial charge is 0.347 e. The molecule has 3 rings (SSSR count). The van der Waals surface area contributed by atoms with Gasteiger partial charge in [-0.1, -0.05) is 18.2 Å². The molecule has 0 spiro atoms. The van der Waals surface area contributed by atoms with Gasteiger partial charge in [0.25, 0.3) is 11.5 Å². The van der Waals surface area contributed by atoms with Crippen LogP contribution in [0, 0.1) is 6.92 Å². The number of hydrogen-bond donors (Lipinski definition) is 0. The topological polar surface area (TPSA) is 90.1 Å². The molecule has 0 bridgehead atoms. The molecule has 2 aromatic heterocycles. The lowest BCUT2D eigenvalue weighted by molar-refractivity contribution is -0.137. The van der Waals surface area contributed by atoms with Crippen LogP contribution in [0.1, 0.15) is 18.5 Å². The number of aromatic nitrogens is 4. The lowest BCUT2D eigenvalue weighted by Gasteiger charge is -2.20. The molecule has 3 aromatic rings. The number of carbonyl (C=O) groups is 2. The van der Waals surface area contributed by atoms with E-state index < -0.39 is 23.3 Å². The molecule has 2 heterocycles. The molecule has 1 atom stereocenters. The van der Waals surface area contributed by atoms with Gasteiger partial charge in [-0.2, -0.15) is 5.10 Å². The second kappa shape index (κ2) is 6.55. The normalized spacial score (nSPS) is 12.2. The van der Waals surface area contributed by atoms with E-state index in [2.05, 4.69) is 10.1 Å². The molecule has 134 valence electrons. The molecule has 0 aliphatic rings. The summed E-state index contributed by atoms with van der Waals surface area (Å²) in [5, 5.41) is 4.52. The molecule has 0 aliphatic carbocycles. The minimum Gasteiger partial charge on any atom is -0.347 e. The summed E-state index contributed by atoms with van der Waals surface area (Å²) >= 11 is 0. The summed E-state index contributed by atoms with van der Waals surface area (Å²) in [6.07, 6.45) is 2.64. The fraction of sp³-hybridized carbons (Fsp3) is 0.278. The number of carbonyl (C=O) groups excluding carboxylic acids is 2. The highest BCUT2D eigenvalue weighted by molar-refractivity contribution is 6.02. The molecule has 0 aliphatic heterocycles. The van der Waals surface area contributed by atoms with Crippen molar-refractivity contribution in [3.8, 4) is 5.69 Å². The summed E-state index contributed by atoms with van der Waals surface area (Å²) in [6.45, 7) is 3.21. The zero-order valence-electron chi connectivity index (χ0n) is 15.0. The van der Waals surface area contributed by atoms with Crippen LogP contribution in [0.25, 0.3) is 16.7 Å². The van der Waals surface area contributed by atoms with Crippen molar-refractivity contribution in [2.75, 3.05) is 14.1 Å². The number of ketones is 1. The van der Waals surface area contributed by atoms with Crippen molar-refractivity contribution in [2.24, 2.45) is 0 Å². The van der Waals surface area contributed by atoms with Crippen LogP contribution in [0.4, 0.5) is 0 Å². The van der Waals surface area contributed by atoms with Crippen molar-refractivity contribution in [3.63, 3.8) is 0 Å². The quantitative estimate of drug-likeness (QED) is 0.656. The minimum atomic E-state index is -1.24. The minimum absolute atomic E-state index is 0.244. The van der Waals surface area contributed by atoms with Crippen LogP contribution in [-0.2, 0) is 9.59 Å². The van der Waals surface area contributed by atoms with Gasteiger partial charge in [0, 0.05) is 14.1 Å². The summed E-state index contributed by atoms with van der Waals surface area (Å²) < 4.78 is 2.64. The van der Waals surface area contributed by atoms with E-state index in [1.54, 1.807) is 4.68 Å². The van der Waals surface area contributed by atoms with Gasteiger partial charge in [-0.25, -0.2) is 9.67 Å². The summed E-state index contributed by atoms with van der Waals surface area (Å²) in [6, 6.07) is 6.36. The van der Waals surface area contributed by atoms with Gasteiger partial charge in [-0.05, 0) is 25.5 Å². The van der Waals surface area contributed by atoms with E-state index in [-0.39, 0.29) is 5.39 Å². The van der Waals surface area contributed by atoms with Gasteiger partial charge in [0.2, 0.25) is 0 Å². The Morgan fingerprint density at radius 2 is 1.88 bits per heavy atom. The van der Waals surface area contributed by atoms with Crippen molar-refractivity contribution >= 4 is 22.7 Å². The molecule has 8 nitrogen and oxygen atoms in total. The molecule has 0 saturated carbocycles. The first kappa shape index (κ1) is 17.5. The first-order chi connectivity index (χ1) is 12.3. The zero-order chi connectivity index (χ0) is 19.0. The molecule has 0 N–H and O–H groups in total. The summed E-state index contributed by atoms with van der Waals surface area (Å²) in [5.41, 5.74) is 1.68. The number of nitrogens with zero attached hydrogens (tertiary/aromatic N) is 5. The Morgan fingerprint density at radius 1 is 1.19 bits per heavy atom. The Balaban J connectivity index is 2.20. The summed E-state index contributed by atoms with van der Waals surface area (Å²) in [4.78, 5) is 42.8. The van der Waals surface area contributed by atoms with E-state index in [1.807, 2.05) is 31.2 Å². The highest BCUT2D eigenvalue weighted by atomic mass is 16.2. The fourth-order valence-corrected chi connectivity index (χ4v) is 2.82. The molecule has 1 amide bonds. The van der Waals surface area contributed by atoms with Crippen LogP contribution >= 0.6 is 0 Å². The molecule has 0 unspecified atom stereocenters. The van der Waals surface area contributed by atoms with Crippen molar-refractivity contribution in [3.05, 3.63) is 52.7 Å². The Morgan fingerprint density at radius 3 is 2.50 bits per heavy atom. The maximum atomic E-state index is 12.9. The number of hydrogen-bond acceptors (Lipinski definition) is 5.